The van der Waals surface area contributed by atoms with Gasteiger partial charge in [-0.2, -0.15) is 0 Å². The second kappa shape index (κ2) is 17.3. The first-order valence-electron chi connectivity index (χ1n) is 15.3. The number of thioether (sulfide) groups is 1. The molecule has 3 aromatic carbocycles. The number of carbonyl (C=O) groups is 1. The number of aromatic nitrogens is 2. The largest absolute Gasteiger partial charge is 0.423 e. The van der Waals surface area contributed by atoms with Crippen molar-refractivity contribution in [1.29, 1.82) is 0 Å². The number of unbranched alkanes of at least 4 members (excludes halogenated alkanes) is 5. The molecule has 0 aliphatic carbocycles. The number of aryl methyl sites for hydroxylation is 1. The lowest BCUT2D eigenvalue weighted by Crippen LogP contribution is -2.08. The van der Waals surface area contributed by atoms with Crippen molar-refractivity contribution in [2.45, 2.75) is 76.5 Å². The van der Waals surface area contributed by atoms with E-state index in [-0.39, 0.29) is 5.97 Å². The lowest BCUT2D eigenvalue weighted by molar-refractivity contribution is 0.0735. The molecule has 0 amide bonds. The molecular weight excluding hydrogens is 536 g/mol. The zero-order valence-corrected chi connectivity index (χ0v) is 25.7. The molecule has 0 aliphatic rings. The first kappa shape index (κ1) is 31.2. The molecule has 42 heavy (non-hydrogen) atoms. The second-order valence-electron chi connectivity index (χ2n) is 10.5. The maximum absolute atomic E-state index is 12.8. The van der Waals surface area contributed by atoms with Gasteiger partial charge in [0.15, 0.2) is 5.82 Å². The van der Waals surface area contributed by atoms with Crippen LogP contribution in [0.4, 0.5) is 0 Å². The number of esters is 1. The van der Waals surface area contributed by atoms with E-state index >= 15 is 0 Å². The molecule has 0 saturated heterocycles. The molecule has 0 spiro atoms. The van der Waals surface area contributed by atoms with E-state index in [4.69, 9.17) is 4.74 Å². The number of hydrogen-bond acceptors (Lipinski definition) is 5. The summed E-state index contributed by atoms with van der Waals surface area (Å²) in [4.78, 5) is 23.1. The molecule has 1 aromatic heterocycles. The average Bonchev–Trinajstić information content (AvgIpc) is 3.04. The minimum Gasteiger partial charge on any atom is -0.423 e. The predicted octanol–water partition coefficient (Wildman–Crippen LogP) is 10.4. The van der Waals surface area contributed by atoms with Crippen molar-refractivity contribution in [2.75, 3.05) is 5.75 Å². The van der Waals surface area contributed by atoms with Crippen molar-refractivity contribution in [1.82, 2.24) is 9.97 Å². The quantitative estimate of drug-likeness (QED) is 0.0435. The lowest BCUT2D eigenvalue weighted by atomic mass is 10.0. The molecule has 4 rings (SSSR count). The van der Waals surface area contributed by atoms with Gasteiger partial charge in [0, 0.05) is 28.6 Å². The number of allylic oxidation sites excluding steroid dienone is 2. The standard InChI is InChI=1S/C37H42N2O2S/c1-3-5-7-9-10-12-26-42-35-24-20-31(21-25-35)30-14-16-33(17-15-30)37(40)41-34-22-18-32(19-23-34)36-38-27-29(28-39-36)13-11-8-6-4-2/h9-10,14-25,27-28H,3-8,11-13,26H2,1-2H3/b10-9+. The molecule has 5 heteroatoms. The Morgan fingerprint density at radius 3 is 2.00 bits per heavy atom. The summed E-state index contributed by atoms with van der Waals surface area (Å²) in [6.45, 7) is 4.44. The van der Waals surface area contributed by atoms with Crippen molar-refractivity contribution >= 4 is 17.7 Å². The smallest absolute Gasteiger partial charge is 0.343 e. The van der Waals surface area contributed by atoms with E-state index in [0.717, 1.165) is 35.3 Å². The van der Waals surface area contributed by atoms with E-state index in [1.807, 2.05) is 60.6 Å². The van der Waals surface area contributed by atoms with Crippen molar-refractivity contribution < 1.29 is 9.53 Å². The molecule has 0 aliphatic heterocycles. The van der Waals surface area contributed by atoms with Crippen LogP contribution in [0.3, 0.4) is 0 Å². The normalized spacial score (nSPS) is 11.2. The summed E-state index contributed by atoms with van der Waals surface area (Å²) < 4.78 is 5.62. The Hall–Kier alpha value is -3.70. The molecule has 0 bridgehead atoms. The van der Waals surface area contributed by atoms with E-state index in [0.29, 0.717) is 17.1 Å². The van der Waals surface area contributed by atoms with E-state index < -0.39 is 0 Å². The lowest BCUT2D eigenvalue weighted by Gasteiger charge is -2.08. The Kier molecular flexibility index (Phi) is 12.9. The summed E-state index contributed by atoms with van der Waals surface area (Å²) in [5, 5.41) is 0. The topological polar surface area (TPSA) is 52.1 Å². The third-order valence-corrected chi connectivity index (χ3v) is 8.15. The maximum Gasteiger partial charge on any atom is 0.343 e. The van der Waals surface area contributed by atoms with E-state index in [1.54, 1.807) is 12.1 Å². The molecule has 0 unspecified atom stereocenters. The van der Waals surface area contributed by atoms with Crippen molar-refractivity contribution in [3.05, 3.63) is 108 Å². The Morgan fingerprint density at radius 1 is 0.714 bits per heavy atom. The number of benzene rings is 3. The van der Waals surface area contributed by atoms with Gasteiger partial charge in [0.2, 0.25) is 0 Å². The van der Waals surface area contributed by atoms with Gasteiger partial charge in [-0.3, -0.25) is 0 Å². The minimum atomic E-state index is -0.381. The van der Waals surface area contributed by atoms with E-state index in [1.165, 1.54) is 55.4 Å². The SMILES string of the molecule is CCCC/C=C/CCSc1ccc(-c2ccc(C(=O)Oc3ccc(-c4ncc(CCCCCC)cn4)cc3)cc2)cc1. The second-order valence-corrected chi connectivity index (χ2v) is 11.7. The van der Waals surface area contributed by atoms with Crippen LogP contribution in [0.1, 0.15) is 81.1 Å². The van der Waals surface area contributed by atoms with Gasteiger partial charge >= 0.3 is 5.97 Å². The highest BCUT2D eigenvalue weighted by atomic mass is 32.2. The Morgan fingerprint density at radius 2 is 1.33 bits per heavy atom. The third kappa shape index (κ3) is 9.99. The van der Waals surface area contributed by atoms with Gasteiger partial charge in [-0.25, -0.2) is 14.8 Å². The molecule has 0 radical (unpaired) electrons. The molecule has 4 nitrogen and oxygen atoms in total. The zero-order chi connectivity index (χ0) is 29.4. The van der Waals surface area contributed by atoms with Crippen LogP contribution in [-0.4, -0.2) is 21.7 Å². The highest BCUT2D eigenvalue weighted by molar-refractivity contribution is 7.99. The summed E-state index contributed by atoms with van der Waals surface area (Å²) in [5.41, 5.74) is 4.76. The fourth-order valence-electron chi connectivity index (χ4n) is 4.57. The van der Waals surface area contributed by atoms with Crippen LogP contribution >= 0.6 is 11.8 Å². The Bertz CT molecular complexity index is 1380. The number of ether oxygens (including phenoxy) is 1. The third-order valence-electron chi connectivity index (χ3n) is 7.10. The highest BCUT2D eigenvalue weighted by Crippen LogP contribution is 2.26. The molecule has 0 N–H and O–H groups in total. The van der Waals surface area contributed by atoms with Crippen LogP contribution in [0.25, 0.3) is 22.5 Å². The first-order chi connectivity index (χ1) is 20.7. The van der Waals surface area contributed by atoms with Crippen molar-refractivity contribution in [2.24, 2.45) is 0 Å². The van der Waals surface area contributed by atoms with Crippen LogP contribution in [0, 0.1) is 0 Å². The van der Waals surface area contributed by atoms with Crippen LogP contribution in [0.5, 0.6) is 5.75 Å². The molecule has 4 aromatic rings. The monoisotopic (exact) mass is 578 g/mol. The molecule has 0 atom stereocenters. The molecule has 1 heterocycles. The number of rotatable bonds is 16. The molecule has 0 saturated carbocycles. The summed E-state index contributed by atoms with van der Waals surface area (Å²) in [6, 6.07) is 23.5. The van der Waals surface area contributed by atoms with Crippen LogP contribution < -0.4 is 4.74 Å². The van der Waals surface area contributed by atoms with Crippen molar-refractivity contribution in [3.8, 4) is 28.3 Å². The van der Waals surface area contributed by atoms with Gasteiger partial charge < -0.3 is 4.74 Å². The van der Waals surface area contributed by atoms with Gasteiger partial charge in [-0.1, -0.05) is 82.4 Å². The van der Waals surface area contributed by atoms with Crippen LogP contribution in [0.2, 0.25) is 0 Å². The average molecular weight is 579 g/mol. The highest BCUT2D eigenvalue weighted by Gasteiger charge is 2.10. The predicted molar refractivity (Wildman–Crippen MR) is 176 cm³/mol. The van der Waals surface area contributed by atoms with Crippen molar-refractivity contribution in [3.63, 3.8) is 0 Å². The van der Waals surface area contributed by atoms with Gasteiger partial charge in [-0.05, 0) is 90.9 Å². The van der Waals surface area contributed by atoms with Gasteiger partial charge in [0.05, 0.1) is 5.56 Å². The summed E-state index contributed by atoms with van der Waals surface area (Å²) >= 11 is 1.88. The van der Waals surface area contributed by atoms with Crippen LogP contribution in [-0.2, 0) is 6.42 Å². The maximum atomic E-state index is 12.8. The minimum absolute atomic E-state index is 0.381. The Balaban J connectivity index is 1.25. The molecule has 0 fully saturated rings. The first-order valence-corrected chi connectivity index (χ1v) is 16.3. The fraction of sp³-hybridized carbons (Fsp3) is 0.324. The van der Waals surface area contributed by atoms with Gasteiger partial charge in [-0.15, -0.1) is 11.8 Å². The zero-order valence-electron chi connectivity index (χ0n) is 24.9. The van der Waals surface area contributed by atoms with E-state index in [2.05, 4.69) is 60.2 Å². The molecular formula is C37H42N2O2S. The number of nitrogens with zero attached hydrogens (tertiary/aromatic N) is 2. The van der Waals surface area contributed by atoms with Gasteiger partial charge in [0.1, 0.15) is 5.75 Å². The summed E-state index contributed by atoms with van der Waals surface area (Å²) in [6.07, 6.45) is 19.1. The number of carbonyl (C=O) groups excluding carboxylic acids is 1. The van der Waals surface area contributed by atoms with E-state index in [9.17, 15) is 4.79 Å². The summed E-state index contributed by atoms with van der Waals surface area (Å²) in [7, 11) is 0. The Labute approximate surface area is 255 Å². The number of hydrogen-bond donors (Lipinski definition) is 0. The summed E-state index contributed by atoms with van der Waals surface area (Å²) in [5.74, 6) is 1.86. The van der Waals surface area contributed by atoms with Crippen LogP contribution in [0.15, 0.2) is 102 Å². The fourth-order valence-corrected chi connectivity index (χ4v) is 5.39. The van der Waals surface area contributed by atoms with Gasteiger partial charge in [0.25, 0.3) is 0 Å². The molecule has 218 valence electrons.